The number of piperidine rings is 1. The number of ether oxygens (including phenoxy) is 1. The Labute approximate surface area is 131 Å². The van der Waals surface area contributed by atoms with Gasteiger partial charge in [-0.3, -0.25) is 4.90 Å². The van der Waals surface area contributed by atoms with Gasteiger partial charge in [-0.2, -0.15) is 0 Å². The van der Waals surface area contributed by atoms with Gasteiger partial charge in [-0.25, -0.2) is 13.1 Å². The van der Waals surface area contributed by atoms with E-state index in [4.69, 9.17) is 9.15 Å². The molecule has 0 aliphatic carbocycles. The SMILES string of the molecule is CS(=O)(=O)N[C@@H]1COCCC12CCN(Cc1ccco1)CC2. The van der Waals surface area contributed by atoms with Crippen molar-refractivity contribution >= 4 is 10.0 Å². The molecule has 0 saturated carbocycles. The Morgan fingerprint density at radius 1 is 1.36 bits per heavy atom. The monoisotopic (exact) mass is 328 g/mol. The highest BCUT2D eigenvalue weighted by Gasteiger charge is 2.44. The first-order valence-corrected chi connectivity index (χ1v) is 9.66. The molecule has 0 amide bonds. The van der Waals surface area contributed by atoms with Crippen LogP contribution in [0.2, 0.25) is 0 Å². The lowest BCUT2D eigenvalue weighted by molar-refractivity contribution is -0.0451. The Hall–Kier alpha value is -0.890. The molecule has 7 heteroatoms. The lowest BCUT2D eigenvalue weighted by Gasteiger charge is -2.48. The van der Waals surface area contributed by atoms with Crippen LogP contribution >= 0.6 is 0 Å². The molecule has 3 rings (SSSR count). The van der Waals surface area contributed by atoms with Crippen molar-refractivity contribution in [2.45, 2.75) is 31.8 Å². The number of furan rings is 1. The normalized spacial score (nSPS) is 26.3. The van der Waals surface area contributed by atoms with E-state index in [0.29, 0.717) is 6.61 Å². The second-order valence-corrected chi connectivity index (χ2v) is 8.27. The van der Waals surface area contributed by atoms with Crippen molar-refractivity contribution in [3.05, 3.63) is 24.2 Å². The molecule has 2 fully saturated rings. The maximum Gasteiger partial charge on any atom is 0.209 e. The van der Waals surface area contributed by atoms with Crippen molar-refractivity contribution in [3.8, 4) is 0 Å². The van der Waals surface area contributed by atoms with E-state index in [1.165, 1.54) is 6.26 Å². The number of nitrogens with zero attached hydrogens (tertiary/aromatic N) is 1. The highest BCUT2D eigenvalue weighted by Crippen LogP contribution is 2.41. The van der Waals surface area contributed by atoms with Gasteiger partial charge in [0.2, 0.25) is 10.0 Å². The first-order valence-electron chi connectivity index (χ1n) is 7.77. The molecular weight excluding hydrogens is 304 g/mol. The molecule has 1 aromatic heterocycles. The molecule has 1 N–H and O–H groups in total. The number of rotatable bonds is 4. The maximum absolute atomic E-state index is 11.6. The molecule has 1 spiro atoms. The number of hydrogen-bond acceptors (Lipinski definition) is 5. The van der Waals surface area contributed by atoms with Crippen LogP contribution in [0.3, 0.4) is 0 Å². The predicted molar refractivity (Wildman–Crippen MR) is 82.9 cm³/mol. The second kappa shape index (κ2) is 6.31. The van der Waals surface area contributed by atoms with E-state index >= 15 is 0 Å². The van der Waals surface area contributed by atoms with Gasteiger partial charge in [-0.05, 0) is 49.9 Å². The predicted octanol–water partition coefficient (Wildman–Crippen LogP) is 1.20. The summed E-state index contributed by atoms with van der Waals surface area (Å²) in [6, 6.07) is 3.79. The summed E-state index contributed by atoms with van der Waals surface area (Å²) in [5.41, 5.74) is 0.0288. The van der Waals surface area contributed by atoms with Gasteiger partial charge in [0.25, 0.3) is 0 Å². The molecule has 0 bridgehead atoms. The first-order chi connectivity index (χ1) is 10.5. The van der Waals surface area contributed by atoms with Crippen LogP contribution in [0.15, 0.2) is 22.8 Å². The minimum absolute atomic E-state index is 0.0288. The van der Waals surface area contributed by atoms with E-state index in [1.54, 1.807) is 6.26 Å². The molecule has 0 aromatic carbocycles. The van der Waals surface area contributed by atoms with Crippen molar-refractivity contribution in [2.75, 3.05) is 32.6 Å². The fourth-order valence-electron chi connectivity index (χ4n) is 3.62. The average molecular weight is 328 g/mol. The Kier molecular flexibility index (Phi) is 4.59. The maximum atomic E-state index is 11.6. The molecule has 0 radical (unpaired) electrons. The van der Waals surface area contributed by atoms with Crippen LogP contribution < -0.4 is 4.72 Å². The van der Waals surface area contributed by atoms with Crippen LogP contribution in [0, 0.1) is 5.41 Å². The van der Waals surface area contributed by atoms with Crippen LogP contribution in [0.4, 0.5) is 0 Å². The fourth-order valence-corrected chi connectivity index (χ4v) is 4.46. The van der Waals surface area contributed by atoms with E-state index in [1.807, 2.05) is 12.1 Å². The number of likely N-dealkylation sites (tertiary alicyclic amines) is 1. The van der Waals surface area contributed by atoms with Gasteiger partial charge in [0.15, 0.2) is 0 Å². The summed E-state index contributed by atoms with van der Waals surface area (Å²) in [5, 5.41) is 0. The van der Waals surface area contributed by atoms with Crippen molar-refractivity contribution in [2.24, 2.45) is 5.41 Å². The summed E-state index contributed by atoms with van der Waals surface area (Å²) >= 11 is 0. The number of sulfonamides is 1. The van der Waals surface area contributed by atoms with Crippen LogP contribution in [-0.2, 0) is 21.3 Å². The summed E-state index contributed by atoms with van der Waals surface area (Å²) in [7, 11) is -3.21. The summed E-state index contributed by atoms with van der Waals surface area (Å²) in [6.07, 6.45) is 5.83. The van der Waals surface area contributed by atoms with Crippen LogP contribution in [-0.4, -0.2) is 51.9 Å². The third-order valence-corrected chi connectivity index (χ3v) is 5.65. The minimum atomic E-state index is -3.21. The molecule has 2 saturated heterocycles. The zero-order valence-electron chi connectivity index (χ0n) is 13.0. The van der Waals surface area contributed by atoms with Crippen molar-refractivity contribution < 1.29 is 17.6 Å². The number of hydrogen-bond donors (Lipinski definition) is 1. The zero-order valence-corrected chi connectivity index (χ0v) is 13.8. The number of nitrogens with one attached hydrogen (secondary N) is 1. The van der Waals surface area contributed by atoms with Gasteiger partial charge in [0.05, 0.1) is 31.7 Å². The Balaban J connectivity index is 1.63. The summed E-state index contributed by atoms with van der Waals surface area (Å²) in [4.78, 5) is 2.37. The van der Waals surface area contributed by atoms with E-state index < -0.39 is 10.0 Å². The molecule has 1 atom stereocenters. The summed E-state index contributed by atoms with van der Waals surface area (Å²) in [6.45, 7) is 3.94. The zero-order chi connectivity index (χ0) is 15.6. The molecule has 2 aliphatic heterocycles. The van der Waals surface area contributed by atoms with Gasteiger partial charge in [-0.1, -0.05) is 0 Å². The smallest absolute Gasteiger partial charge is 0.209 e. The second-order valence-electron chi connectivity index (χ2n) is 6.49. The van der Waals surface area contributed by atoms with Crippen LogP contribution in [0.5, 0.6) is 0 Å². The first kappa shape index (κ1) is 16.0. The Morgan fingerprint density at radius 3 is 2.77 bits per heavy atom. The standard InChI is InChI=1S/C15H24N2O4S/c1-22(18,19)16-14-12-20-10-6-15(14)4-7-17(8-5-15)11-13-3-2-9-21-13/h2-3,9,14,16H,4-8,10-12H2,1H3/t14-/m1/s1. The molecule has 3 heterocycles. The van der Waals surface area contributed by atoms with Crippen LogP contribution in [0.25, 0.3) is 0 Å². The Bertz CT molecular complexity index is 577. The molecule has 6 nitrogen and oxygen atoms in total. The molecule has 0 unspecified atom stereocenters. The molecule has 22 heavy (non-hydrogen) atoms. The van der Waals surface area contributed by atoms with E-state index in [9.17, 15) is 8.42 Å². The largest absolute Gasteiger partial charge is 0.468 e. The Morgan fingerprint density at radius 2 is 2.14 bits per heavy atom. The average Bonchev–Trinajstić information content (AvgIpc) is 2.96. The fraction of sp³-hybridized carbons (Fsp3) is 0.733. The van der Waals surface area contributed by atoms with Gasteiger partial charge in [0, 0.05) is 6.61 Å². The molecule has 124 valence electrons. The molecular formula is C15H24N2O4S. The van der Waals surface area contributed by atoms with E-state index in [-0.39, 0.29) is 11.5 Å². The van der Waals surface area contributed by atoms with Gasteiger partial charge < -0.3 is 9.15 Å². The lowest BCUT2D eigenvalue weighted by Crippen LogP contribution is -2.57. The van der Waals surface area contributed by atoms with Gasteiger partial charge in [0.1, 0.15) is 5.76 Å². The topological polar surface area (TPSA) is 71.8 Å². The summed E-state index contributed by atoms with van der Waals surface area (Å²) < 4.78 is 36.9. The van der Waals surface area contributed by atoms with E-state index in [0.717, 1.165) is 51.3 Å². The van der Waals surface area contributed by atoms with E-state index in [2.05, 4.69) is 9.62 Å². The van der Waals surface area contributed by atoms with Gasteiger partial charge in [-0.15, -0.1) is 0 Å². The minimum Gasteiger partial charge on any atom is -0.468 e. The van der Waals surface area contributed by atoms with Crippen molar-refractivity contribution in [1.82, 2.24) is 9.62 Å². The quantitative estimate of drug-likeness (QED) is 0.899. The van der Waals surface area contributed by atoms with Gasteiger partial charge >= 0.3 is 0 Å². The molecule has 1 aromatic rings. The van der Waals surface area contributed by atoms with Crippen molar-refractivity contribution in [1.29, 1.82) is 0 Å². The lowest BCUT2D eigenvalue weighted by atomic mass is 9.69. The third kappa shape index (κ3) is 3.71. The molecule has 2 aliphatic rings. The highest BCUT2D eigenvalue weighted by atomic mass is 32.2. The highest BCUT2D eigenvalue weighted by molar-refractivity contribution is 7.88. The summed E-state index contributed by atoms with van der Waals surface area (Å²) in [5.74, 6) is 0.980. The third-order valence-electron chi connectivity index (χ3n) is 4.94. The van der Waals surface area contributed by atoms with Crippen LogP contribution in [0.1, 0.15) is 25.0 Å². The van der Waals surface area contributed by atoms with Crippen molar-refractivity contribution in [3.63, 3.8) is 0 Å².